The number of hydrogen-bond donors (Lipinski definition) is 3. The number of benzene rings is 1. The molecule has 1 saturated heterocycles. The molecule has 2 amide bonds. The molecule has 9 heteroatoms. The zero-order valence-corrected chi connectivity index (χ0v) is 14.9. The first-order chi connectivity index (χ1) is 12.4. The van der Waals surface area contributed by atoms with E-state index in [0.29, 0.717) is 26.2 Å². The first-order valence-corrected chi connectivity index (χ1v) is 8.74. The molecule has 0 spiro atoms. The minimum Gasteiger partial charge on any atom is -0.393 e. The second-order valence-corrected chi connectivity index (χ2v) is 6.40. The third kappa shape index (κ3) is 5.41. The summed E-state index contributed by atoms with van der Waals surface area (Å²) < 4.78 is 0. The Kier molecular flexibility index (Phi) is 6.90. The summed E-state index contributed by atoms with van der Waals surface area (Å²) in [5.74, 6) is -0.337. The molecule has 0 saturated carbocycles. The summed E-state index contributed by atoms with van der Waals surface area (Å²) in [5.41, 5.74) is 5.52. The average molecular weight is 363 g/mol. The number of nitro benzene ring substituents is 1. The Morgan fingerprint density at radius 2 is 2.04 bits per heavy atom. The monoisotopic (exact) mass is 363 g/mol. The lowest BCUT2D eigenvalue weighted by molar-refractivity contribution is -0.383. The van der Waals surface area contributed by atoms with E-state index in [0.717, 1.165) is 19.3 Å². The number of amides is 2. The Labute approximate surface area is 152 Å². The molecule has 1 heterocycles. The van der Waals surface area contributed by atoms with E-state index in [1.807, 2.05) is 6.92 Å². The van der Waals surface area contributed by atoms with E-state index in [9.17, 15) is 19.7 Å². The van der Waals surface area contributed by atoms with E-state index in [2.05, 4.69) is 15.5 Å². The first kappa shape index (κ1) is 19.6. The van der Waals surface area contributed by atoms with Crippen molar-refractivity contribution in [1.29, 1.82) is 0 Å². The van der Waals surface area contributed by atoms with Crippen LogP contribution >= 0.6 is 0 Å². The third-order valence-electron chi connectivity index (χ3n) is 4.35. The predicted octanol–water partition coefficient (Wildman–Crippen LogP) is 0.897. The van der Waals surface area contributed by atoms with Crippen molar-refractivity contribution in [2.45, 2.75) is 32.2 Å². The summed E-state index contributed by atoms with van der Waals surface area (Å²) in [6.45, 7) is 4.48. The SMILES string of the molecule is CCCNC(=O)CN1CCC(NC(=O)c2ccc(N)c([N+](=O)[O-])c2)CC1. The van der Waals surface area contributed by atoms with Gasteiger partial charge in [0.1, 0.15) is 5.69 Å². The summed E-state index contributed by atoms with van der Waals surface area (Å²) in [5, 5.41) is 16.7. The van der Waals surface area contributed by atoms with Gasteiger partial charge >= 0.3 is 0 Å². The van der Waals surface area contributed by atoms with E-state index in [1.54, 1.807) is 0 Å². The topological polar surface area (TPSA) is 131 Å². The highest BCUT2D eigenvalue weighted by molar-refractivity contribution is 5.95. The molecule has 142 valence electrons. The lowest BCUT2D eigenvalue weighted by atomic mass is 10.0. The number of nitrogens with two attached hydrogens (primary N) is 1. The van der Waals surface area contributed by atoms with Gasteiger partial charge in [-0.25, -0.2) is 0 Å². The van der Waals surface area contributed by atoms with Gasteiger partial charge in [0.25, 0.3) is 11.6 Å². The molecule has 0 unspecified atom stereocenters. The molecule has 0 aliphatic carbocycles. The van der Waals surface area contributed by atoms with E-state index < -0.39 is 4.92 Å². The Morgan fingerprint density at radius 1 is 1.35 bits per heavy atom. The van der Waals surface area contributed by atoms with Crippen LogP contribution in [0.5, 0.6) is 0 Å². The summed E-state index contributed by atoms with van der Waals surface area (Å²) in [7, 11) is 0. The van der Waals surface area contributed by atoms with Gasteiger partial charge in [-0.15, -0.1) is 0 Å². The van der Waals surface area contributed by atoms with Crippen LogP contribution in [-0.4, -0.2) is 53.9 Å². The van der Waals surface area contributed by atoms with E-state index in [4.69, 9.17) is 5.73 Å². The Bertz CT molecular complexity index is 671. The van der Waals surface area contributed by atoms with Gasteiger partial charge in [-0.1, -0.05) is 6.92 Å². The molecule has 0 aromatic heterocycles. The fraction of sp³-hybridized carbons (Fsp3) is 0.529. The highest BCUT2D eigenvalue weighted by Gasteiger charge is 2.23. The van der Waals surface area contributed by atoms with Crippen LogP contribution in [0.3, 0.4) is 0 Å². The Morgan fingerprint density at radius 3 is 2.65 bits per heavy atom. The predicted molar refractivity (Wildman–Crippen MR) is 97.7 cm³/mol. The minimum atomic E-state index is -0.603. The lowest BCUT2D eigenvalue weighted by Gasteiger charge is -2.31. The first-order valence-electron chi connectivity index (χ1n) is 8.74. The number of nitrogen functional groups attached to an aromatic ring is 1. The van der Waals surface area contributed by atoms with Crippen molar-refractivity contribution >= 4 is 23.2 Å². The normalized spacial score (nSPS) is 15.4. The molecule has 26 heavy (non-hydrogen) atoms. The summed E-state index contributed by atoms with van der Waals surface area (Å²) in [6, 6.07) is 4.02. The number of carbonyl (C=O) groups excluding carboxylic acids is 2. The fourth-order valence-corrected chi connectivity index (χ4v) is 2.87. The van der Waals surface area contributed by atoms with Gasteiger partial charge in [0, 0.05) is 37.3 Å². The van der Waals surface area contributed by atoms with Crippen molar-refractivity contribution in [3.05, 3.63) is 33.9 Å². The summed E-state index contributed by atoms with van der Waals surface area (Å²) >= 11 is 0. The van der Waals surface area contributed by atoms with E-state index in [-0.39, 0.29) is 34.8 Å². The number of piperidine rings is 1. The highest BCUT2D eigenvalue weighted by atomic mass is 16.6. The number of nitrogens with zero attached hydrogens (tertiary/aromatic N) is 2. The average Bonchev–Trinajstić information content (AvgIpc) is 2.61. The summed E-state index contributed by atoms with van der Waals surface area (Å²) in [4.78, 5) is 36.5. The van der Waals surface area contributed by atoms with Crippen LogP contribution in [0.25, 0.3) is 0 Å². The maximum atomic E-state index is 12.3. The van der Waals surface area contributed by atoms with Gasteiger partial charge in [-0.3, -0.25) is 24.6 Å². The van der Waals surface area contributed by atoms with E-state index in [1.165, 1.54) is 18.2 Å². The lowest BCUT2D eigenvalue weighted by Crippen LogP contribution is -2.47. The second kappa shape index (κ2) is 9.14. The van der Waals surface area contributed by atoms with Gasteiger partial charge in [0.15, 0.2) is 0 Å². The summed E-state index contributed by atoms with van der Waals surface area (Å²) in [6.07, 6.45) is 2.36. The molecule has 0 bridgehead atoms. The fourth-order valence-electron chi connectivity index (χ4n) is 2.87. The van der Waals surface area contributed by atoms with Crippen LogP contribution in [-0.2, 0) is 4.79 Å². The molecule has 4 N–H and O–H groups in total. The largest absolute Gasteiger partial charge is 0.393 e. The standard InChI is InChI=1S/C17H25N5O4/c1-2-7-19-16(23)11-21-8-5-13(6-9-21)20-17(24)12-3-4-14(18)15(10-12)22(25)26/h3-4,10,13H,2,5-9,11,18H2,1H3,(H,19,23)(H,20,24). The van der Waals surface area contributed by atoms with E-state index >= 15 is 0 Å². The molecule has 2 rings (SSSR count). The van der Waals surface area contributed by atoms with Crippen molar-refractivity contribution in [1.82, 2.24) is 15.5 Å². The third-order valence-corrected chi connectivity index (χ3v) is 4.35. The number of nitrogens with one attached hydrogen (secondary N) is 2. The van der Waals surface area contributed by atoms with Crippen molar-refractivity contribution in [2.75, 3.05) is 31.9 Å². The van der Waals surface area contributed by atoms with Crippen LogP contribution < -0.4 is 16.4 Å². The zero-order valence-electron chi connectivity index (χ0n) is 14.9. The molecule has 1 aromatic carbocycles. The van der Waals surface area contributed by atoms with Crippen molar-refractivity contribution in [3.63, 3.8) is 0 Å². The number of nitro groups is 1. The molecule has 9 nitrogen and oxygen atoms in total. The number of rotatable bonds is 7. The van der Waals surface area contributed by atoms with Crippen LogP contribution in [0.4, 0.5) is 11.4 Å². The molecular formula is C17H25N5O4. The van der Waals surface area contributed by atoms with Gasteiger partial charge < -0.3 is 16.4 Å². The van der Waals surface area contributed by atoms with Gasteiger partial charge in [-0.2, -0.15) is 0 Å². The van der Waals surface area contributed by atoms with Gasteiger partial charge in [-0.05, 0) is 31.4 Å². The van der Waals surface area contributed by atoms with Crippen LogP contribution in [0.15, 0.2) is 18.2 Å². The Hall–Kier alpha value is -2.68. The molecule has 1 fully saturated rings. The molecular weight excluding hydrogens is 338 g/mol. The highest BCUT2D eigenvalue weighted by Crippen LogP contribution is 2.22. The number of carbonyl (C=O) groups is 2. The minimum absolute atomic E-state index is 0.0171. The molecule has 0 atom stereocenters. The molecule has 1 aliphatic heterocycles. The smallest absolute Gasteiger partial charge is 0.292 e. The van der Waals surface area contributed by atoms with Crippen molar-refractivity contribution in [3.8, 4) is 0 Å². The Balaban J connectivity index is 1.84. The van der Waals surface area contributed by atoms with Crippen molar-refractivity contribution < 1.29 is 14.5 Å². The maximum Gasteiger partial charge on any atom is 0.292 e. The molecule has 1 aromatic rings. The number of anilines is 1. The van der Waals surface area contributed by atoms with Crippen LogP contribution in [0.1, 0.15) is 36.5 Å². The van der Waals surface area contributed by atoms with Gasteiger partial charge in [0.05, 0.1) is 11.5 Å². The zero-order chi connectivity index (χ0) is 19.1. The number of likely N-dealkylation sites (tertiary alicyclic amines) is 1. The quantitative estimate of drug-likeness (QED) is 0.375. The van der Waals surface area contributed by atoms with Crippen LogP contribution in [0, 0.1) is 10.1 Å². The van der Waals surface area contributed by atoms with Gasteiger partial charge in [0.2, 0.25) is 5.91 Å². The maximum absolute atomic E-state index is 12.3. The van der Waals surface area contributed by atoms with Crippen LogP contribution in [0.2, 0.25) is 0 Å². The second-order valence-electron chi connectivity index (χ2n) is 6.40. The molecule has 1 aliphatic rings. The number of hydrogen-bond acceptors (Lipinski definition) is 6. The molecule has 0 radical (unpaired) electrons. The van der Waals surface area contributed by atoms with Crippen molar-refractivity contribution in [2.24, 2.45) is 0 Å².